The van der Waals surface area contributed by atoms with Crippen LogP contribution in [0.5, 0.6) is 5.75 Å². The van der Waals surface area contributed by atoms with Crippen LogP contribution in [0.25, 0.3) is 33.5 Å². The summed E-state index contributed by atoms with van der Waals surface area (Å²) in [4.78, 5) is 30.9. The van der Waals surface area contributed by atoms with Crippen LogP contribution in [0.1, 0.15) is 11.1 Å². The highest BCUT2D eigenvalue weighted by Crippen LogP contribution is 2.25. The summed E-state index contributed by atoms with van der Waals surface area (Å²) in [6.45, 7) is 2.18. The van der Waals surface area contributed by atoms with Crippen LogP contribution < -0.4 is 16.1 Å². The summed E-state index contributed by atoms with van der Waals surface area (Å²) in [6, 6.07) is 26.0. The van der Waals surface area contributed by atoms with Crippen molar-refractivity contribution in [2.24, 2.45) is 0 Å². The largest absolute Gasteiger partial charge is 0.489 e. The number of H-pyrrole nitrogens is 1. The lowest BCUT2D eigenvalue weighted by molar-refractivity contribution is 0.306. The van der Waals surface area contributed by atoms with Crippen molar-refractivity contribution >= 4 is 11.0 Å². The Morgan fingerprint density at radius 2 is 1.67 bits per heavy atom. The molecule has 162 valence electrons. The highest BCUT2D eigenvalue weighted by Gasteiger charge is 2.09. The van der Waals surface area contributed by atoms with Crippen LogP contribution >= 0.6 is 0 Å². The lowest BCUT2D eigenvalue weighted by Crippen LogP contribution is -2.11. The highest BCUT2D eigenvalue weighted by atomic mass is 16.5. The molecule has 5 aromatic rings. The highest BCUT2D eigenvalue weighted by molar-refractivity contribution is 5.80. The molecule has 0 saturated carbocycles. The van der Waals surface area contributed by atoms with Gasteiger partial charge in [0.15, 0.2) is 0 Å². The SMILES string of the molecule is Cc1ccc2c(COc3ccc(-c4cc(-c5ccccc5)nc(=O)[nH]4)cc3)cc(=O)oc2c1. The first-order valence-electron chi connectivity index (χ1n) is 10.5. The van der Waals surface area contributed by atoms with Crippen molar-refractivity contribution in [1.82, 2.24) is 9.97 Å². The van der Waals surface area contributed by atoms with E-state index in [1.54, 1.807) is 0 Å². The van der Waals surface area contributed by atoms with Crippen molar-refractivity contribution in [1.29, 1.82) is 0 Å². The van der Waals surface area contributed by atoms with Gasteiger partial charge in [-0.25, -0.2) is 9.59 Å². The molecule has 3 aromatic carbocycles. The van der Waals surface area contributed by atoms with E-state index >= 15 is 0 Å². The van der Waals surface area contributed by atoms with E-state index in [0.29, 0.717) is 22.7 Å². The first-order valence-corrected chi connectivity index (χ1v) is 10.5. The molecule has 33 heavy (non-hydrogen) atoms. The Labute approximate surface area is 189 Å². The van der Waals surface area contributed by atoms with Gasteiger partial charge in [0, 0.05) is 22.6 Å². The predicted molar refractivity (Wildman–Crippen MR) is 127 cm³/mol. The standard InChI is InChI=1S/C27H20N2O4/c1-17-7-12-22-20(14-26(30)33-25(22)13-17)16-32-21-10-8-19(9-11-21)24-15-23(28-27(31)29-24)18-5-3-2-4-6-18/h2-15H,16H2,1H3,(H,28,29,31). The monoisotopic (exact) mass is 436 g/mol. The number of nitrogens with one attached hydrogen (secondary N) is 1. The van der Waals surface area contributed by atoms with Crippen LogP contribution in [0, 0.1) is 6.92 Å². The molecule has 0 aliphatic heterocycles. The second kappa shape index (κ2) is 8.59. The van der Waals surface area contributed by atoms with Gasteiger partial charge in [-0.05, 0) is 54.4 Å². The van der Waals surface area contributed by atoms with Gasteiger partial charge in [0.25, 0.3) is 0 Å². The summed E-state index contributed by atoms with van der Waals surface area (Å²) in [6.07, 6.45) is 0. The Kier molecular flexibility index (Phi) is 5.32. The normalized spacial score (nSPS) is 10.9. The van der Waals surface area contributed by atoms with E-state index in [1.807, 2.05) is 85.8 Å². The third-order valence-electron chi connectivity index (χ3n) is 5.36. The fourth-order valence-corrected chi connectivity index (χ4v) is 3.72. The van der Waals surface area contributed by atoms with Crippen LogP contribution in [0.3, 0.4) is 0 Å². The molecule has 2 heterocycles. The smallest absolute Gasteiger partial charge is 0.345 e. The second-order valence-electron chi connectivity index (χ2n) is 7.75. The Balaban J connectivity index is 1.38. The van der Waals surface area contributed by atoms with E-state index in [-0.39, 0.29) is 6.61 Å². The van der Waals surface area contributed by atoms with Crippen molar-refractivity contribution in [3.8, 4) is 28.3 Å². The van der Waals surface area contributed by atoms with Gasteiger partial charge >= 0.3 is 11.3 Å². The molecule has 0 radical (unpaired) electrons. The van der Waals surface area contributed by atoms with Crippen LogP contribution in [0.4, 0.5) is 0 Å². The summed E-state index contributed by atoms with van der Waals surface area (Å²) in [7, 11) is 0. The molecule has 6 nitrogen and oxygen atoms in total. The van der Waals surface area contributed by atoms with Crippen LogP contribution in [0.15, 0.2) is 98.9 Å². The summed E-state index contributed by atoms with van der Waals surface area (Å²) in [5.74, 6) is 0.645. The van der Waals surface area contributed by atoms with Crippen molar-refractivity contribution in [3.05, 3.63) is 117 Å². The van der Waals surface area contributed by atoms with E-state index < -0.39 is 11.3 Å². The van der Waals surface area contributed by atoms with Crippen molar-refractivity contribution in [2.45, 2.75) is 13.5 Å². The van der Waals surface area contributed by atoms with Crippen LogP contribution in [-0.2, 0) is 6.61 Å². The maximum atomic E-state index is 12.1. The fourth-order valence-electron chi connectivity index (χ4n) is 3.72. The number of aromatic amines is 1. The van der Waals surface area contributed by atoms with Gasteiger partial charge in [-0.1, -0.05) is 42.5 Å². The van der Waals surface area contributed by atoms with E-state index in [2.05, 4.69) is 9.97 Å². The zero-order valence-electron chi connectivity index (χ0n) is 17.9. The molecule has 0 aliphatic rings. The van der Waals surface area contributed by atoms with Crippen LogP contribution in [0.2, 0.25) is 0 Å². The van der Waals surface area contributed by atoms with E-state index in [0.717, 1.165) is 27.6 Å². The number of aryl methyl sites for hydroxylation is 1. The maximum absolute atomic E-state index is 12.1. The first-order chi connectivity index (χ1) is 16.0. The van der Waals surface area contributed by atoms with Crippen LogP contribution in [-0.4, -0.2) is 9.97 Å². The van der Waals surface area contributed by atoms with E-state index in [1.165, 1.54) is 6.07 Å². The van der Waals surface area contributed by atoms with Crippen molar-refractivity contribution in [2.75, 3.05) is 0 Å². The topological polar surface area (TPSA) is 85.2 Å². The first kappa shape index (κ1) is 20.5. The lowest BCUT2D eigenvalue weighted by Gasteiger charge is -2.10. The summed E-state index contributed by atoms with van der Waals surface area (Å²) >= 11 is 0. The number of hydrogen-bond donors (Lipinski definition) is 1. The molecule has 0 unspecified atom stereocenters. The number of fused-ring (bicyclic) bond motifs is 1. The minimum absolute atomic E-state index is 0.231. The molecule has 0 bridgehead atoms. The Hall–Kier alpha value is -4.45. The number of nitrogens with zero attached hydrogens (tertiary/aromatic N) is 1. The second-order valence-corrected chi connectivity index (χ2v) is 7.75. The number of aromatic nitrogens is 2. The van der Waals surface area contributed by atoms with Crippen molar-refractivity contribution < 1.29 is 9.15 Å². The molecular formula is C27H20N2O4. The molecule has 2 aromatic heterocycles. The number of benzene rings is 3. The molecule has 0 aliphatic carbocycles. The zero-order valence-corrected chi connectivity index (χ0v) is 17.9. The predicted octanol–water partition coefficient (Wildman–Crippen LogP) is 5.10. The van der Waals surface area contributed by atoms with E-state index in [9.17, 15) is 9.59 Å². The van der Waals surface area contributed by atoms with Gasteiger partial charge in [-0.15, -0.1) is 0 Å². The summed E-state index contributed by atoms with van der Waals surface area (Å²) in [5.41, 5.74) is 4.50. The average Bonchev–Trinajstić information content (AvgIpc) is 2.82. The van der Waals surface area contributed by atoms with Gasteiger partial charge < -0.3 is 14.1 Å². The minimum Gasteiger partial charge on any atom is -0.489 e. The van der Waals surface area contributed by atoms with Gasteiger partial charge in [0.2, 0.25) is 0 Å². The van der Waals surface area contributed by atoms with Gasteiger partial charge in [0.1, 0.15) is 17.9 Å². The Morgan fingerprint density at radius 1 is 0.879 bits per heavy atom. The molecule has 0 atom stereocenters. The van der Waals surface area contributed by atoms with Gasteiger partial charge in [-0.2, -0.15) is 4.98 Å². The number of ether oxygens (including phenoxy) is 1. The molecule has 1 N–H and O–H groups in total. The molecule has 0 amide bonds. The quantitative estimate of drug-likeness (QED) is 0.388. The number of hydrogen-bond acceptors (Lipinski definition) is 5. The minimum atomic E-state index is -0.406. The molecule has 0 fully saturated rings. The molecule has 6 heteroatoms. The van der Waals surface area contributed by atoms with Gasteiger partial charge in [-0.3, -0.25) is 0 Å². The zero-order chi connectivity index (χ0) is 22.8. The maximum Gasteiger partial charge on any atom is 0.345 e. The third kappa shape index (κ3) is 4.45. The van der Waals surface area contributed by atoms with Crippen molar-refractivity contribution in [3.63, 3.8) is 0 Å². The van der Waals surface area contributed by atoms with Gasteiger partial charge in [0.05, 0.1) is 11.4 Å². The molecule has 0 spiro atoms. The molecule has 0 saturated heterocycles. The Morgan fingerprint density at radius 3 is 2.45 bits per heavy atom. The summed E-state index contributed by atoms with van der Waals surface area (Å²) in [5, 5.41) is 0.847. The molecule has 5 rings (SSSR count). The average molecular weight is 436 g/mol. The fraction of sp³-hybridized carbons (Fsp3) is 0.0741. The summed E-state index contributed by atoms with van der Waals surface area (Å²) < 4.78 is 11.2. The Bertz CT molecular complexity index is 1550. The third-order valence-corrected chi connectivity index (χ3v) is 5.36. The molecular weight excluding hydrogens is 416 g/mol. The lowest BCUT2D eigenvalue weighted by atomic mass is 10.1. The number of rotatable bonds is 5. The van der Waals surface area contributed by atoms with E-state index in [4.69, 9.17) is 9.15 Å².